The molecule has 1 unspecified atom stereocenters. The summed E-state index contributed by atoms with van der Waals surface area (Å²) in [6.45, 7) is 0.0874. The van der Waals surface area contributed by atoms with Crippen LogP contribution in [0.1, 0.15) is 24.6 Å². The minimum Gasteiger partial charge on any atom is -0.364 e. The number of benzene rings is 1. The van der Waals surface area contributed by atoms with Crippen LogP contribution in [0.2, 0.25) is 10.3 Å². The molecule has 0 amide bonds. The molecule has 1 saturated heterocycles. The van der Waals surface area contributed by atoms with Gasteiger partial charge in [-0.2, -0.15) is 14.6 Å². The molecule has 3 aromatic rings. The summed E-state index contributed by atoms with van der Waals surface area (Å²) in [4.78, 5) is 35.8. The Hall–Kier alpha value is -1.66. The van der Waals surface area contributed by atoms with E-state index in [2.05, 4.69) is 25.6 Å². The van der Waals surface area contributed by atoms with E-state index in [1.54, 1.807) is 6.07 Å². The molecule has 0 aliphatic carbocycles. The highest BCUT2D eigenvalue weighted by Crippen LogP contribution is 2.55. The highest BCUT2D eigenvalue weighted by Gasteiger charge is 2.35. The first-order valence-corrected chi connectivity index (χ1v) is 14.2. The number of hydrogen-bond donors (Lipinski definition) is 4. The maximum absolute atomic E-state index is 11.8. The first-order valence-electron chi connectivity index (χ1n) is 9.92. The number of aromatic nitrogens is 5. The quantitative estimate of drug-likeness (QED) is 0.225. The Morgan fingerprint density at radius 1 is 1.21 bits per heavy atom. The molecule has 0 spiro atoms. The maximum atomic E-state index is 11.8. The van der Waals surface area contributed by atoms with Gasteiger partial charge in [0.1, 0.15) is 0 Å². The van der Waals surface area contributed by atoms with Gasteiger partial charge < -0.3 is 29.3 Å². The lowest BCUT2D eigenvalue weighted by Crippen LogP contribution is -2.17. The Morgan fingerprint density at radius 3 is 2.74 bits per heavy atom. The third-order valence-electron chi connectivity index (χ3n) is 4.83. The molecular weight excluding hydrogens is 533 g/mol. The predicted molar refractivity (Wildman–Crippen MR) is 123 cm³/mol. The van der Waals surface area contributed by atoms with Crippen molar-refractivity contribution in [2.75, 3.05) is 17.8 Å². The first kappa shape index (κ1) is 25.4. The molecular formula is C17H20Cl2N6O7P2. The van der Waals surface area contributed by atoms with Gasteiger partial charge in [0.25, 0.3) is 0 Å². The van der Waals surface area contributed by atoms with Crippen LogP contribution in [0.25, 0.3) is 11.2 Å². The Balaban J connectivity index is 1.45. The van der Waals surface area contributed by atoms with Gasteiger partial charge in [0, 0.05) is 11.6 Å². The number of halogens is 2. The van der Waals surface area contributed by atoms with Crippen molar-refractivity contribution < 1.29 is 33.1 Å². The van der Waals surface area contributed by atoms with E-state index in [1.165, 1.54) is 4.68 Å². The van der Waals surface area contributed by atoms with Crippen LogP contribution in [0, 0.1) is 0 Å². The largest absolute Gasteiger partial charge is 0.364 e. The zero-order valence-corrected chi connectivity index (χ0v) is 20.7. The van der Waals surface area contributed by atoms with Crippen molar-refractivity contribution in [1.82, 2.24) is 25.0 Å². The number of hydrogen-bond acceptors (Lipinski definition) is 9. The van der Waals surface area contributed by atoms with Gasteiger partial charge in [-0.25, -0.2) is 0 Å². The van der Waals surface area contributed by atoms with E-state index in [9.17, 15) is 14.0 Å². The number of nitrogens with zero attached hydrogens (tertiary/aromatic N) is 5. The molecule has 3 heterocycles. The van der Waals surface area contributed by atoms with Crippen molar-refractivity contribution >= 4 is 55.4 Å². The van der Waals surface area contributed by atoms with Crippen molar-refractivity contribution in [3.8, 4) is 0 Å². The molecule has 34 heavy (non-hydrogen) atoms. The summed E-state index contributed by atoms with van der Waals surface area (Å²) in [6.07, 6.45) is -0.293. The smallest absolute Gasteiger partial charge is 0.340 e. The topological polar surface area (TPSA) is 182 Å². The van der Waals surface area contributed by atoms with Crippen LogP contribution in [0.3, 0.4) is 0 Å². The van der Waals surface area contributed by atoms with Gasteiger partial charge in [0.15, 0.2) is 29.1 Å². The lowest BCUT2D eigenvalue weighted by molar-refractivity contribution is -0.0239. The molecule has 4 N–H and O–H groups in total. The molecule has 2 aromatic heterocycles. The molecule has 1 aliphatic rings. The second-order valence-corrected chi connectivity index (χ2v) is 12.3. The zero-order valence-electron chi connectivity index (χ0n) is 17.4. The molecule has 0 saturated carbocycles. The van der Waals surface area contributed by atoms with Crippen molar-refractivity contribution in [2.45, 2.75) is 31.7 Å². The minimum absolute atomic E-state index is 0.0267. The Labute approximate surface area is 203 Å². The van der Waals surface area contributed by atoms with Crippen LogP contribution in [0.4, 0.5) is 5.82 Å². The Kier molecular flexibility index (Phi) is 7.58. The van der Waals surface area contributed by atoms with Crippen LogP contribution >= 0.6 is 38.4 Å². The fraction of sp³-hybridized carbons (Fsp3) is 0.412. The van der Waals surface area contributed by atoms with Crippen molar-refractivity contribution in [3.63, 3.8) is 0 Å². The molecule has 0 bridgehead atoms. The average molecular weight is 553 g/mol. The molecule has 0 radical (unpaired) electrons. The molecule has 3 atom stereocenters. The summed E-state index contributed by atoms with van der Waals surface area (Å²) in [5, 5.41) is 12.0. The fourth-order valence-corrected chi connectivity index (χ4v) is 6.38. The highest BCUT2D eigenvalue weighted by atomic mass is 35.5. The van der Waals surface area contributed by atoms with Crippen molar-refractivity contribution in [1.29, 1.82) is 0 Å². The number of ether oxygens (including phenoxy) is 1. The van der Waals surface area contributed by atoms with E-state index in [0.717, 1.165) is 5.56 Å². The van der Waals surface area contributed by atoms with Gasteiger partial charge in [0.05, 0.1) is 12.7 Å². The van der Waals surface area contributed by atoms with E-state index in [4.69, 9.17) is 42.2 Å². The second-order valence-electron chi connectivity index (χ2n) is 7.56. The Morgan fingerprint density at radius 2 is 2.00 bits per heavy atom. The number of rotatable bonds is 9. The molecule has 13 nitrogen and oxygen atoms in total. The monoisotopic (exact) mass is 552 g/mol. The van der Waals surface area contributed by atoms with E-state index in [0.29, 0.717) is 41.4 Å². The molecule has 4 rings (SSSR count). The van der Waals surface area contributed by atoms with E-state index in [1.807, 2.05) is 18.2 Å². The summed E-state index contributed by atoms with van der Waals surface area (Å²) in [6, 6.07) is 7.31. The third-order valence-corrected chi connectivity index (χ3v) is 8.69. The summed E-state index contributed by atoms with van der Waals surface area (Å²) in [7, 11) is -9.17. The van der Waals surface area contributed by atoms with Crippen LogP contribution in [0.15, 0.2) is 24.3 Å². The zero-order chi connectivity index (χ0) is 24.5. The van der Waals surface area contributed by atoms with Gasteiger partial charge in [-0.05, 0) is 42.1 Å². The van der Waals surface area contributed by atoms with Gasteiger partial charge in [0.2, 0.25) is 5.28 Å². The molecule has 184 valence electrons. The van der Waals surface area contributed by atoms with E-state index < -0.39 is 33.4 Å². The van der Waals surface area contributed by atoms with Crippen LogP contribution in [-0.4, -0.2) is 58.3 Å². The lowest BCUT2D eigenvalue weighted by Gasteiger charge is -2.17. The summed E-state index contributed by atoms with van der Waals surface area (Å²) < 4.78 is 34.9. The van der Waals surface area contributed by atoms with Crippen LogP contribution in [0.5, 0.6) is 0 Å². The van der Waals surface area contributed by atoms with Gasteiger partial charge in [-0.1, -0.05) is 28.9 Å². The first-order chi connectivity index (χ1) is 16.0. The molecule has 1 aliphatic heterocycles. The molecule has 1 fully saturated rings. The number of anilines is 1. The van der Waals surface area contributed by atoms with Gasteiger partial charge in [-0.3, -0.25) is 9.13 Å². The van der Waals surface area contributed by atoms with E-state index >= 15 is 0 Å². The fourth-order valence-electron chi connectivity index (χ4n) is 3.42. The van der Waals surface area contributed by atoms with Crippen molar-refractivity contribution in [3.05, 3.63) is 40.1 Å². The van der Waals surface area contributed by atoms with Gasteiger partial charge in [-0.15, -0.1) is 5.10 Å². The minimum atomic E-state index is -4.71. The van der Waals surface area contributed by atoms with Crippen LogP contribution < -0.4 is 5.32 Å². The number of fused-ring (bicyclic) bond motifs is 1. The van der Waals surface area contributed by atoms with Gasteiger partial charge >= 0.3 is 15.2 Å². The van der Waals surface area contributed by atoms with Crippen LogP contribution in [-0.2, 0) is 24.9 Å². The standard InChI is InChI=1S/C17H20Cl2N6O7P2/c18-11-3-1-2-10(6-11)7-20-15-14-16(22-17(19)21-15)25(24-23-14)13-5-4-12(32-13)8-31-34(29,30)9-33(26,27)28/h1-3,6,12-13H,4-5,7-9H2,(H,29,30)(H,20,21,22)(H2,26,27,28)/t12-,13+/m0/s1. The van der Waals surface area contributed by atoms with Crippen molar-refractivity contribution in [2.24, 2.45) is 0 Å². The number of nitrogens with one attached hydrogen (secondary N) is 1. The highest BCUT2D eigenvalue weighted by molar-refractivity contribution is 7.70. The lowest BCUT2D eigenvalue weighted by atomic mass is 10.2. The second kappa shape index (κ2) is 10.1. The normalized spacial score (nSPS) is 20.5. The average Bonchev–Trinajstić information content (AvgIpc) is 3.35. The summed E-state index contributed by atoms with van der Waals surface area (Å²) >= 11 is 12.1. The summed E-state index contributed by atoms with van der Waals surface area (Å²) in [5.41, 5.74) is 1.62. The molecule has 1 aromatic carbocycles. The maximum Gasteiger partial charge on any atom is 0.340 e. The predicted octanol–water partition coefficient (Wildman–Crippen LogP) is 3.16. The third kappa shape index (κ3) is 6.51. The summed E-state index contributed by atoms with van der Waals surface area (Å²) in [5.74, 6) is -0.887. The van der Waals surface area contributed by atoms with E-state index in [-0.39, 0.29) is 11.9 Å². The SMILES string of the molecule is O=P(O)(O)CP(=O)(O)OC[C@@H]1CC[C@H](n2nnc3c(NCc4cccc(Cl)c4)nc(Cl)nc32)O1. The Bertz CT molecular complexity index is 1290. The molecule has 17 heteroatoms.